The Morgan fingerprint density at radius 2 is 1.94 bits per heavy atom. The number of hydrogen-bond acceptors (Lipinski definition) is 4. The Balaban J connectivity index is 1.65. The Morgan fingerprint density at radius 3 is 2.62 bits per heavy atom. The molecule has 1 aromatic heterocycles. The maximum Gasteiger partial charge on any atom is 0.279 e. The number of nitrogens with zero attached hydrogens (tertiary/aromatic N) is 3. The second-order valence-electron chi connectivity index (χ2n) is 8.05. The molecule has 0 aliphatic carbocycles. The molecule has 1 unspecified atom stereocenters. The Morgan fingerprint density at radius 1 is 1.19 bits per heavy atom. The molecular formula is C23H26ClN3O3S2. The van der Waals surface area contributed by atoms with Crippen LogP contribution in [-0.4, -0.2) is 35.8 Å². The van der Waals surface area contributed by atoms with Gasteiger partial charge in [-0.2, -0.15) is 9.30 Å². The Bertz CT molecular complexity index is 1310. The first-order valence-electron chi connectivity index (χ1n) is 10.8. The molecule has 6 nitrogen and oxygen atoms in total. The fourth-order valence-corrected chi connectivity index (χ4v) is 7.09. The van der Waals surface area contributed by atoms with Crippen molar-refractivity contribution >= 4 is 49.1 Å². The van der Waals surface area contributed by atoms with Crippen molar-refractivity contribution in [2.24, 2.45) is 4.99 Å². The van der Waals surface area contributed by atoms with Gasteiger partial charge in [0.15, 0.2) is 4.80 Å². The number of piperidine rings is 1. The molecule has 1 aliphatic rings. The first kappa shape index (κ1) is 23.2. The molecule has 9 heteroatoms. The van der Waals surface area contributed by atoms with Crippen molar-refractivity contribution in [3.63, 3.8) is 0 Å². The number of rotatable bonds is 5. The molecule has 32 heavy (non-hydrogen) atoms. The van der Waals surface area contributed by atoms with E-state index in [4.69, 9.17) is 11.6 Å². The summed E-state index contributed by atoms with van der Waals surface area (Å²) in [6.07, 6.45) is 3.69. The average molecular weight is 492 g/mol. The largest absolute Gasteiger partial charge is 0.316 e. The quantitative estimate of drug-likeness (QED) is 0.500. The molecule has 1 saturated heterocycles. The van der Waals surface area contributed by atoms with Crippen LogP contribution in [-0.2, 0) is 16.6 Å². The number of benzene rings is 2. The van der Waals surface area contributed by atoms with Crippen LogP contribution in [0.1, 0.15) is 49.9 Å². The predicted molar refractivity (Wildman–Crippen MR) is 129 cm³/mol. The van der Waals surface area contributed by atoms with Gasteiger partial charge in [0.25, 0.3) is 5.91 Å². The zero-order chi connectivity index (χ0) is 22.9. The first-order chi connectivity index (χ1) is 15.3. The first-order valence-corrected chi connectivity index (χ1v) is 13.4. The summed E-state index contributed by atoms with van der Waals surface area (Å²) in [6.45, 7) is 5.28. The van der Waals surface area contributed by atoms with Crippen molar-refractivity contribution in [3.8, 4) is 0 Å². The zero-order valence-electron chi connectivity index (χ0n) is 18.1. The number of carbonyl (C=O) groups is 1. The molecular weight excluding hydrogens is 466 g/mol. The smallest absolute Gasteiger partial charge is 0.279 e. The molecule has 0 N–H and O–H groups in total. The number of hydrogen-bond donors (Lipinski definition) is 0. The average Bonchev–Trinajstić information content (AvgIpc) is 3.10. The van der Waals surface area contributed by atoms with Crippen molar-refractivity contribution in [1.29, 1.82) is 0 Å². The van der Waals surface area contributed by atoms with Gasteiger partial charge in [0.05, 0.1) is 15.1 Å². The number of fused-ring (bicyclic) bond motifs is 1. The summed E-state index contributed by atoms with van der Waals surface area (Å²) in [7, 11) is -3.57. The van der Waals surface area contributed by atoms with E-state index in [9.17, 15) is 13.2 Å². The normalized spacial score (nSPS) is 18.3. The SMILES string of the molecule is CCCn1c(=NC(=O)c2ccc(S(=O)(=O)N3CCCCC3C)cc2)sc2cc(Cl)ccc21. The minimum Gasteiger partial charge on any atom is -0.316 e. The van der Waals surface area contributed by atoms with Crippen LogP contribution >= 0.6 is 22.9 Å². The van der Waals surface area contributed by atoms with E-state index in [2.05, 4.69) is 11.9 Å². The van der Waals surface area contributed by atoms with Crippen molar-refractivity contribution in [1.82, 2.24) is 8.87 Å². The summed E-state index contributed by atoms with van der Waals surface area (Å²) >= 11 is 7.54. The lowest BCUT2D eigenvalue weighted by atomic mass is 10.1. The Kier molecular flexibility index (Phi) is 6.86. The van der Waals surface area contributed by atoms with Gasteiger partial charge in [0.1, 0.15) is 0 Å². The molecule has 0 bridgehead atoms. The monoisotopic (exact) mass is 491 g/mol. The number of aromatic nitrogens is 1. The summed E-state index contributed by atoms with van der Waals surface area (Å²) in [5, 5.41) is 0.639. The number of carbonyl (C=O) groups excluding carboxylic acids is 1. The van der Waals surface area contributed by atoms with Gasteiger partial charge in [0, 0.05) is 29.7 Å². The van der Waals surface area contributed by atoms with Crippen molar-refractivity contribution in [2.75, 3.05) is 6.54 Å². The maximum absolute atomic E-state index is 13.0. The third-order valence-corrected chi connectivity index (χ3v) is 9.04. The van der Waals surface area contributed by atoms with Gasteiger partial charge in [-0.05, 0) is 68.7 Å². The molecule has 1 aliphatic heterocycles. The molecule has 4 rings (SSSR count). The Labute approximate surface area is 197 Å². The molecule has 1 fully saturated rings. The number of aryl methyl sites for hydroxylation is 1. The molecule has 3 aromatic rings. The van der Waals surface area contributed by atoms with Gasteiger partial charge in [0.2, 0.25) is 10.0 Å². The summed E-state index contributed by atoms with van der Waals surface area (Å²) in [4.78, 5) is 18.0. The summed E-state index contributed by atoms with van der Waals surface area (Å²) in [6, 6.07) is 11.7. The van der Waals surface area contributed by atoms with Crippen LogP contribution in [0, 0.1) is 0 Å². The number of sulfonamides is 1. The van der Waals surface area contributed by atoms with Crippen LogP contribution in [0.2, 0.25) is 5.02 Å². The van der Waals surface area contributed by atoms with Gasteiger partial charge >= 0.3 is 0 Å². The van der Waals surface area contributed by atoms with E-state index < -0.39 is 15.9 Å². The van der Waals surface area contributed by atoms with Crippen LogP contribution in [0.5, 0.6) is 0 Å². The lowest BCUT2D eigenvalue weighted by Crippen LogP contribution is -2.41. The lowest BCUT2D eigenvalue weighted by Gasteiger charge is -2.32. The highest BCUT2D eigenvalue weighted by Gasteiger charge is 2.30. The van der Waals surface area contributed by atoms with E-state index in [1.807, 2.05) is 29.7 Å². The fraction of sp³-hybridized carbons (Fsp3) is 0.391. The molecule has 2 aromatic carbocycles. The van der Waals surface area contributed by atoms with Crippen molar-refractivity contribution in [2.45, 2.75) is 57.0 Å². The van der Waals surface area contributed by atoms with Gasteiger partial charge in [-0.25, -0.2) is 8.42 Å². The molecule has 0 saturated carbocycles. The van der Waals surface area contributed by atoms with Crippen LogP contribution < -0.4 is 4.80 Å². The van der Waals surface area contributed by atoms with E-state index >= 15 is 0 Å². The molecule has 0 radical (unpaired) electrons. The second-order valence-corrected chi connectivity index (χ2v) is 11.4. The van der Waals surface area contributed by atoms with Gasteiger partial charge in [-0.15, -0.1) is 0 Å². The van der Waals surface area contributed by atoms with Gasteiger partial charge in [-0.1, -0.05) is 36.3 Å². The van der Waals surface area contributed by atoms with Crippen LogP contribution in [0.3, 0.4) is 0 Å². The molecule has 170 valence electrons. The standard InChI is InChI=1S/C23H26ClN3O3S2/c1-3-13-26-20-12-9-18(24)15-21(20)31-23(26)25-22(28)17-7-10-19(11-8-17)32(29,30)27-14-5-4-6-16(27)2/h7-12,15-16H,3-6,13-14H2,1-2H3. The number of thiazole rings is 1. The fourth-order valence-electron chi connectivity index (χ4n) is 4.06. The molecule has 1 amide bonds. The van der Waals surface area contributed by atoms with Crippen LogP contribution in [0.4, 0.5) is 0 Å². The minimum absolute atomic E-state index is 0.0134. The van der Waals surface area contributed by atoms with E-state index in [0.29, 0.717) is 21.9 Å². The van der Waals surface area contributed by atoms with Crippen LogP contribution in [0.15, 0.2) is 52.4 Å². The van der Waals surface area contributed by atoms with Gasteiger partial charge in [-0.3, -0.25) is 4.79 Å². The summed E-state index contributed by atoms with van der Waals surface area (Å²) < 4.78 is 30.6. The maximum atomic E-state index is 13.0. The topological polar surface area (TPSA) is 71.7 Å². The van der Waals surface area contributed by atoms with Gasteiger partial charge < -0.3 is 4.57 Å². The third kappa shape index (κ3) is 4.55. The predicted octanol–water partition coefficient (Wildman–Crippen LogP) is 5.07. The Hall–Kier alpha value is -2.00. The highest BCUT2D eigenvalue weighted by Crippen LogP contribution is 2.26. The summed E-state index contributed by atoms with van der Waals surface area (Å²) in [5.41, 5.74) is 1.35. The zero-order valence-corrected chi connectivity index (χ0v) is 20.5. The number of amides is 1. The van der Waals surface area contributed by atoms with E-state index in [0.717, 1.165) is 42.4 Å². The van der Waals surface area contributed by atoms with Crippen LogP contribution in [0.25, 0.3) is 10.2 Å². The van der Waals surface area contributed by atoms with Crippen molar-refractivity contribution in [3.05, 3.63) is 57.9 Å². The highest BCUT2D eigenvalue weighted by molar-refractivity contribution is 7.89. The van der Waals surface area contributed by atoms with E-state index in [-0.39, 0.29) is 10.9 Å². The van der Waals surface area contributed by atoms with E-state index in [1.165, 1.54) is 23.5 Å². The summed E-state index contributed by atoms with van der Waals surface area (Å²) in [5.74, 6) is -0.400. The molecule has 2 heterocycles. The number of halogens is 1. The lowest BCUT2D eigenvalue weighted by molar-refractivity contribution is 0.0997. The van der Waals surface area contributed by atoms with Crippen molar-refractivity contribution < 1.29 is 13.2 Å². The van der Waals surface area contributed by atoms with E-state index in [1.54, 1.807) is 16.4 Å². The highest BCUT2D eigenvalue weighted by atomic mass is 35.5. The second kappa shape index (κ2) is 9.47. The molecule has 0 spiro atoms. The molecule has 1 atom stereocenters. The third-order valence-electron chi connectivity index (χ3n) is 5.74. The minimum atomic E-state index is -3.57.